The Hall–Kier alpha value is -2.59. The van der Waals surface area contributed by atoms with Crippen molar-refractivity contribution in [3.63, 3.8) is 0 Å². The molecule has 146 valence electrons. The molecule has 0 bridgehead atoms. The van der Waals surface area contributed by atoms with E-state index in [0.717, 1.165) is 11.8 Å². The van der Waals surface area contributed by atoms with Gasteiger partial charge in [-0.05, 0) is 46.8 Å². The van der Waals surface area contributed by atoms with E-state index in [1.807, 2.05) is 6.07 Å². The Morgan fingerprint density at radius 3 is 2.43 bits per heavy atom. The minimum atomic E-state index is -4.55. The zero-order valence-electron chi connectivity index (χ0n) is 14.2. The number of carbonyl (C=O) groups is 1. The SMILES string of the molecule is O=C(CSc1nnnn1-c1ccccc1)N(CC(F)(F)F)c1ccc(Cl)cc1. The zero-order chi connectivity index (χ0) is 20.1. The summed E-state index contributed by atoms with van der Waals surface area (Å²) in [6.07, 6.45) is -4.55. The van der Waals surface area contributed by atoms with Crippen molar-refractivity contribution in [2.24, 2.45) is 0 Å². The number of carbonyl (C=O) groups excluding carboxylic acids is 1. The molecule has 1 heterocycles. The molecule has 6 nitrogen and oxygen atoms in total. The van der Waals surface area contributed by atoms with Crippen LogP contribution in [0.3, 0.4) is 0 Å². The molecule has 0 saturated heterocycles. The number of amides is 1. The first-order chi connectivity index (χ1) is 13.3. The minimum Gasteiger partial charge on any atom is -0.303 e. The average molecular weight is 428 g/mol. The number of nitrogens with zero attached hydrogens (tertiary/aromatic N) is 5. The van der Waals surface area contributed by atoms with E-state index >= 15 is 0 Å². The molecule has 0 aliphatic heterocycles. The number of para-hydroxylation sites is 1. The van der Waals surface area contributed by atoms with Crippen molar-refractivity contribution in [3.05, 3.63) is 59.6 Å². The topological polar surface area (TPSA) is 63.9 Å². The third-order valence-corrected chi connectivity index (χ3v) is 4.70. The van der Waals surface area contributed by atoms with E-state index in [0.29, 0.717) is 20.8 Å². The molecule has 11 heteroatoms. The van der Waals surface area contributed by atoms with E-state index in [4.69, 9.17) is 11.6 Å². The van der Waals surface area contributed by atoms with Crippen molar-refractivity contribution >= 4 is 35.0 Å². The summed E-state index contributed by atoms with van der Waals surface area (Å²) in [5.41, 5.74) is 0.780. The summed E-state index contributed by atoms with van der Waals surface area (Å²) in [5, 5.41) is 11.9. The molecular weight excluding hydrogens is 415 g/mol. The van der Waals surface area contributed by atoms with Crippen molar-refractivity contribution in [1.29, 1.82) is 0 Å². The van der Waals surface area contributed by atoms with Crippen molar-refractivity contribution in [3.8, 4) is 5.69 Å². The molecule has 0 N–H and O–H groups in total. The minimum absolute atomic E-state index is 0.106. The molecule has 0 saturated carbocycles. The second kappa shape index (κ2) is 8.61. The Morgan fingerprint density at radius 1 is 1.11 bits per heavy atom. The van der Waals surface area contributed by atoms with E-state index in [2.05, 4.69) is 15.5 Å². The van der Waals surface area contributed by atoms with Gasteiger partial charge in [0.15, 0.2) is 0 Å². The molecule has 3 aromatic rings. The van der Waals surface area contributed by atoms with Gasteiger partial charge in [0.05, 0.1) is 11.4 Å². The Labute approximate surface area is 167 Å². The molecule has 1 amide bonds. The lowest BCUT2D eigenvalue weighted by molar-refractivity contribution is -0.131. The summed E-state index contributed by atoms with van der Waals surface area (Å²) in [5.74, 6) is -1.00. The second-order valence-corrected chi connectivity index (χ2v) is 6.95. The Bertz CT molecular complexity index is 934. The summed E-state index contributed by atoms with van der Waals surface area (Å²) >= 11 is 6.73. The smallest absolute Gasteiger partial charge is 0.303 e. The van der Waals surface area contributed by atoms with Gasteiger partial charge in [0.25, 0.3) is 0 Å². The van der Waals surface area contributed by atoms with E-state index in [-0.39, 0.29) is 11.4 Å². The first-order valence-electron chi connectivity index (χ1n) is 7.93. The predicted octanol–water partition coefficient (Wildman–Crippen LogP) is 4.00. The third kappa shape index (κ3) is 5.23. The molecule has 28 heavy (non-hydrogen) atoms. The molecule has 0 aliphatic rings. The van der Waals surface area contributed by atoms with Gasteiger partial charge in [-0.3, -0.25) is 4.79 Å². The lowest BCUT2D eigenvalue weighted by Gasteiger charge is -2.24. The molecule has 0 spiro atoms. The van der Waals surface area contributed by atoms with E-state index in [1.54, 1.807) is 24.3 Å². The molecule has 2 aromatic carbocycles. The molecule has 0 fully saturated rings. The number of rotatable bonds is 6. The highest BCUT2D eigenvalue weighted by molar-refractivity contribution is 7.99. The normalized spacial score (nSPS) is 11.4. The predicted molar refractivity (Wildman–Crippen MR) is 99.7 cm³/mol. The lowest BCUT2D eigenvalue weighted by atomic mass is 10.3. The quantitative estimate of drug-likeness (QED) is 0.556. The highest BCUT2D eigenvalue weighted by Crippen LogP contribution is 2.26. The monoisotopic (exact) mass is 427 g/mol. The Kier molecular flexibility index (Phi) is 6.20. The number of alkyl halides is 3. The molecule has 0 radical (unpaired) electrons. The number of hydrogen-bond donors (Lipinski definition) is 0. The molecule has 0 aliphatic carbocycles. The Morgan fingerprint density at radius 2 is 1.79 bits per heavy atom. The average Bonchev–Trinajstić information content (AvgIpc) is 3.13. The molecule has 1 aromatic heterocycles. The van der Waals surface area contributed by atoms with Crippen LogP contribution in [0.4, 0.5) is 18.9 Å². The highest BCUT2D eigenvalue weighted by atomic mass is 35.5. The van der Waals surface area contributed by atoms with Gasteiger partial charge in [-0.1, -0.05) is 41.6 Å². The van der Waals surface area contributed by atoms with Gasteiger partial charge in [-0.25, -0.2) is 0 Å². The fourth-order valence-corrected chi connectivity index (χ4v) is 3.22. The van der Waals surface area contributed by atoms with Crippen LogP contribution >= 0.6 is 23.4 Å². The summed E-state index contributed by atoms with van der Waals surface area (Å²) < 4.78 is 40.3. The second-order valence-electron chi connectivity index (χ2n) is 5.57. The third-order valence-electron chi connectivity index (χ3n) is 3.54. The first kappa shape index (κ1) is 20.2. The number of thioether (sulfide) groups is 1. The number of hydrogen-bond acceptors (Lipinski definition) is 5. The summed E-state index contributed by atoms with van der Waals surface area (Å²) in [4.78, 5) is 13.2. The van der Waals surface area contributed by atoms with Gasteiger partial charge < -0.3 is 4.90 Å². The maximum atomic E-state index is 13.0. The van der Waals surface area contributed by atoms with Gasteiger partial charge in [0.1, 0.15) is 6.54 Å². The van der Waals surface area contributed by atoms with Crippen LogP contribution in [0.1, 0.15) is 0 Å². The number of halogens is 4. The van der Waals surface area contributed by atoms with Gasteiger partial charge in [0, 0.05) is 10.7 Å². The van der Waals surface area contributed by atoms with Crippen molar-refractivity contribution in [1.82, 2.24) is 20.2 Å². The zero-order valence-corrected chi connectivity index (χ0v) is 15.7. The van der Waals surface area contributed by atoms with Gasteiger partial charge in [-0.2, -0.15) is 17.9 Å². The number of anilines is 1. The van der Waals surface area contributed by atoms with E-state index in [1.165, 1.54) is 28.9 Å². The van der Waals surface area contributed by atoms with Crippen LogP contribution in [-0.2, 0) is 4.79 Å². The van der Waals surface area contributed by atoms with Crippen LogP contribution in [0.15, 0.2) is 59.8 Å². The van der Waals surface area contributed by atoms with E-state index < -0.39 is 18.6 Å². The Balaban J connectivity index is 1.76. The summed E-state index contributed by atoms with van der Waals surface area (Å²) in [7, 11) is 0. The number of benzene rings is 2. The maximum Gasteiger partial charge on any atom is 0.406 e. The lowest BCUT2D eigenvalue weighted by Crippen LogP contribution is -2.40. The van der Waals surface area contributed by atoms with Crippen LogP contribution in [-0.4, -0.2) is 44.6 Å². The highest BCUT2D eigenvalue weighted by Gasteiger charge is 2.34. The molecule has 0 unspecified atom stereocenters. The molecular formula is C17H13ClF3N5OS. The summed E-state index contributed by atoms with van der Waals surface area (Å²) in [6, 6.07) is 14.5. The molecule has 3 rings (SSSR count). The maximum absolute atomic E-state index is 13.0. The van der Waals surface area contributed by atoms with Crippen molar-refractivity contribution in [2.45, 2.75) is 11.3 Å². The van der Waals surface area contributed by atoms with Crippen molar-refractivity contribution in [2.75, 3.05) is 17.2 Å². The largest absolute Gasteiger partial charge is 0.406 e. The van der Waals surface area contributed by atoms with Crippen LogP contribution in [0.2, 0.25) is 5.02 Å². The van der Waals surface area contributed by atoms with Gasteiger partial charge >= 0.3 is 6.18 Å². The number of tetrazole rings is 1. The van der Waals surface area contributed by atoms with Crippen LogP contribution in [0.25, 0.3) is 5.69 Å². The van der Waals surface area contributed by atoms with Crippen LogP contribution < -0.4 is 4.90 Å². The fraction of sp³-hybridized carbons (Fsp3) is 0.176. The van der Waals surface area contributed by atoms with Crippen molar-refractivity contribution < 1.29 is 18.0 Å². The fourth-order valence-electron chi connectivity index (χ4n) is 2.33. The van der Waals surface area contributed by atoms with Gasteiger partial charge in [-0.15, -0.1) is 5.10 Å². The first-order valence-corrected chi connectivity index (χ1v) is 9.29. The summed E-state index contributed by atoms with van der Waals surface area (Å²) in [6.45, 7) is -1.41. The van der Waals surface area contributed by atoms with Gasteiger partial charge in [0.2, 0.25) is 11.1 Å². The van der Waals surface area contributed by atoms with Crippen LogP contribution in [0, 0.1) is 0 Å². The number of aromatic nitrogens is 4. The van der Waals surface area contributed by atoms with E-state index in [9.17, 15) is 18.0 Å². The molecule has 0 atom stereocenters. The standard InChI is InChI=1S/C17H13ClF3N5OS/c18-12-6-8-13(9-7-12)25(11-17(19,20)21)15(27)10-28-16-22-23-24-26(16)14-4-2-1-3-5-14/h1-9H,10-11H2. The van der Waals surface area contributed by atoms with Crippen LogP contribution in [0.5, 0.6) is 0 Å².